The second kappa shape index (κ2) is 10.4. The molecular weight excluding hydrogens is 462 g/mol. The molecule has 168 valence electrons. The van der Waals surface area contributed by atoms with Gasteiger partial charge in [0.2, 0.25) is 5.91 Å². The number of nitrogens with one attached hydrogen (secondary N) is 1. The van der Waals surface area contributed by atoms with Gasteiger partial charge in [-0.25, -0.2) is 0 Å². The highest BCUT2D eigenvalue weighted by molar-refractivity contribution is 7.99. The Balaban J connectivity index is 1.56. The molecule has 0 radical (unpaired) electrons. The number of anilines is 1. The zero-order chi connectivity index (χ0) is 23.2. The highest BCUT2D eigenvalue weighted by atomic mass is 35.5. The number of hydrogen-bond donors (Lipinski definition) is 1. The van der Waals surface area contributed by atoms with Gasteiger partial charge in [0.25, 0.3) is 0 Å². The lowest BCUT2D eigenvalue weighted by atomic mass is 10.2. The average molecular weight is 482 g/mol. The third kappa shape index (κ3) is 5.27. The summed E-state index contributed by atoms with van der Waals surface area (Å²) in [6.45, 7) is 0. The van der Waals surface area contributed by atoms with E-state index in [1.165, 1.54) is 18.9 Å². The first kappa shape index (κ1) is 22.6. The van der Waals surface area contributed by atoms with Gasteiger partial charge in [0.1, 0.15) is 17.2 Å². The van der Waals surface area contributed by atoms with Crippen molar-refractivity contribution in [2.24, 2.45) is 0 Å². The van der Waals surface area contributed by atoms with Crippen LogP contribution in [0.1, 0.15) is 0 Å². The molecule has 0 aliphatic heterocycles. The Morgan fingerprint density at radius 1 is 1.06 bits per heavy atom. The molecule has 8 nitrogen and oxygen atoms in total. The highest BCUT2D eigenvalue weighted by Crippen LogP contribution is 2.30. The zero-order valence-corrected chi connectivity index (χ0v) is 19.4. The number of benzene rings is 2. The Morgan fingerprint density at radius 3 is 2.58 bits per heavy atom. The highest BCUT2D eigenvalue weighted by Gasteiger charge is 2.18. The molecule has 4 rings (SSSR count). The Morgan fingerprint density at radius 2 is 1.88 bits per heavy atom. The Labute approximate surface area is 199 Å². The van der Waals surface area contributed by atoms with E-state index in [-0.39, 0.29) is 11.7 Å². The molecular formula is C23H20ClN5O3S. The van der Waals surface area contributed by atoms with Gasteiger partial charge in [-0.15, -0.1) is 10.2 Å². The van der Waals surface area contributed by atoms with E-state index in [4.69, 9.17) is 21.1 Å². The summed E-state index contributed by atoms with van der Waals surface area (Å²) < 4.78 is 12.4. The molecule has 2 aromatic carbocycles. The molecule has 33 heavy (non-hydrogen) atoms. The largest absolute Gasteiger partial charge is 0.497 e. The van der Waals surface area contributed by atoms with Crippen molar-refractivity contribution in [3.63, 3.8) is 0 Å². The monoisotopic (exact) mass is 481 g/mol. The molecule has 4 aromatic rings. The number of thioether (sulfide) groups is 1. The van der Waals surface area contributed by atoms with E-state index in [2.05, 4.69) is 20.5 Å². The van der Waals surface area contributed by atoms with E-state index in [0.29, 0.717) is 38.9 Å². The second-order valence-electron chi connectivity index (χ2n) is 6.74. The summed E-state index contributed by atoms with van der Waals surface area (Å²) in [5, 5.41) is 12.7. The van der Waals surface area contributed by atoms with Crippen LogP contribution in [0, 0.1) is 0 Å². The van der Waals surface area contributed by atoms with E-state index in [0.717, 1.165) is 5.69 Å². The predicted molar refractivity (Wildman–Crippen MR) is 128 cm³/mol. The quantitative estimate of drug-likeness (QED) is 0.364. The molecule has 0 saturated heterocycles. The smallest absolute Gasteiger partial charge is 0.234 e. The van der Waals surface area contributed by atoms with Crippen molar-refractivity contribution in [1.29, 1.82) is 0 Å². The molecule has 0 spiro atoms. The number of methoxy groups -OCH3 is 2. The fourth-order valence-electron chi connectivity index (χ4n) is 3.07. The minimum Gasteiger partial charge on any atom is -0.497 e. The molecule has 0 atom stereocenters. The maximum Gasteiger partial charge on any atom is 0.234 e. The number of amides is 1. The zero-order valence-electron chi connectivity index (χ0n) is 17.9. The molecule has 10 heteroatoms. The normalized spacial score (nSPS) is 10.6. The van der Waals surface area contributed by atoms with Gasteiger partial charge in [-0.05, 0) is 48.5 Å². The van der Waals surface area contributed by atoms with Gasteiger partial charge >= 0.3 is 0 Å². The summed E-state index contributed by atoms with van der Waals surface area (Å²) in [5.74, 6) is 1.61. The van der Waals surface area contributed by atoms with Gasteiger partial charge in [-0.3, -0.25) is 14.3 Å². The van der Waals surface area contributed by atoms with Crippen LogP contribution in [0.2, 0.25) is 5.02 Å². The standard InChI is InChI=1S/C23H20ClN5O3S/c1-31-17-10-11-18(20(13-17)32-2)26-21(30)14-33-23-28-27-22(19-5-3-4-12-25-19)29(23)16-8-6-15(24)7-9-16/h3-13H,14H2,1-2H3,(H,26,30). The summed E-state index contributed by atoms with van der Waals surface area (Å²) in [4.78, 5) is 17.1. The van der Waals surface area contributed by atoms with Crippen molar-refractivity contribution >= 4 is 35.0 Å². The van der Waals surface area contributed by atoms with Crippen LogP contribution < -0.4 is 14.8 Å². The Hall–Kier alpha value is -3.56. The lowest BCUT2D eigenvalue weighted by molar-refractivity contribution is -0.113. The molecule has 1 amide bonds. The lowest BCUT2D eigenvalue weighted by Gasteiger charge is -2.12. The minimum absolute atomic E-state index is 0.114. The maximum atomic E-state index is 12.7. The molecule has 0 saturated carbocycles. The van der Waals surface area contributed by atoms with Gasteiger partial charge in [-0.2, -0.15) is 0 Å². The van der Waals surface area contributed by atoms with Gasteiger partial charge in [0, 0.05) is 23.0 Å². The summed E-state index contributed by atoms with van der Waals surface area (Å²) in [5.41, 5.74) is 2.03. The summed E-state index contributed by atoms with van der Waals surface area (Å²) >= 11 is 7.33. The maximum absolute atomic E-state index is 12.7. The van der Waals surface area contributed by atoms with Crippen LogP contribution in [0.4, 0.5) is 5.69 Å². The van der Waals surface area contributed by atoms with Gasteiger partial charge < -0.3 is 14.8 Å². The van der Waals surface area contributed by atoms with Crippen LogP contribution in [-0.2, 0) is 4.79 Å². The topological polar surface area (TPSA) is 91.2 Å². The first-order chi connectivity index (χ1) is 16.1. The number of hydrogen-bond acceptors (Lipinski definition) is 7. The number of pyridine rings is 1. The number of ether oxygens (including phenoxy) is 2. The lowest BCUT2D eigenvalue weighted by Crippen LogP contribution is -2.15. The van der Waals surface area contributed by atoms with Crippen molar-refractivity contribution in [3.05, 3.63) is 71.9 Å². The van der Waals surface area contributed by atoms with Crippen molar-refractivity contribution in [1.82, 2.24) is 19.7 Å². The Bertz CT molecular complexity index is 1250. The van der Waals surface area contributed by atoms with E-state index >= 15 is 0 Å². The first-order valence-corrected chi connectivity index (χ1v) is 11.2. The van der Waals surface area contributed by atoms with Crippen molar-refractivity contribution in [2.75, 3.05) is 25.3 Å². The molecule has 2 heterocycles. The fourth-order valence-corrected chi connectivity index (χ4v) is 3.94. The number of halogens is 1. The molecule has 0 aliphatic carbocycles. The fraction of sp³-hybridized carbons (Fsp3) is 0.130. The second-order valence-corrected chi connectivity index (χ2v) is 8.11. The third-order valence-corrected chi connectivity index (χ3v) is 5.81. The van der Waals surface area contributed by atoms with Crippen molar-refractivity contribution < 1.29 is 14.3 Å². The van der Waals surface area contributed by atoms with Gasteiger partial charge in [0.05, 0.1) is 25.7 Å². The third-order valence-electron chi connectivity index (χ3n) is 4.63. The number of carbonyl (C=O) groups excluding carboxylic acids is 1. The van der Waals surface area contributed by atoms with Gasteiger partial charge in [-0.1, -0.05) is 29.4 Å². The molecule has 0 aliphatic rings. The molecule has 0 unspecified atom stereocenters. The van der Waals surface area contributed by atoms with Crippen LogP contribution in [0.15, 0.2) is 72.0 Å². The summed E-state index contributed by atoms with van der Waals surface area (Å²) in [7, 11) is 3.10. The summed E-state index contributed by atoms with van der Waals surface area (Å²) in [6, 6.07) is 18.1. The van der Waals surface area contributed by atoms with Gasteiger partial charge in [0.15, 0.2) is 11.0 Å². The number of rotatable bonds is 8. The van der Waals surface area contributed by atoms with Crippen LogP contribution >= 0.6 is 23.4 Å². The molecule has 0 fully saturated rings. The SMILES string of the molecule is COc1ccc(NC(=O)CSc2nnc(-c3ccccn3)n2-c2ccc(Cl)cc2)c(OC)c1. The average Bonchev–Trinajstić information content (AvgIpc) is 3.28. The van der Waals surface area contributed by atoms with Crippen LogP contribution in [0.3, 0.4) is 0 Å². The van der Waals surface area contributed by atoms with Crippen LogP contribution in [-0.4, -0.2) is 45.6 Å². The molecule has 2 aromatic heterocycles. The van der Waals surface area contributed by atoms with Crippen LogP contribution in [0.5, 0.6) is 11.5 Å². The predicted octanol–water partition coefficient (Wildman–Crippen LogP) is 4.73. The van der Waals surface area contributed by atoms with E-state index in [1.54, 1.807) is 43.6 Å². The number of carbonyl (C=O) groups is 1. The van der Waals surface area contributed by atoms with Crippen molar-refractivity contribution in [2.45, 2.75) is 5.16 Å². The van der Waals surface area contributed by atoms with E-state index < -0.39 is 0 Å². The van der Waals surface area contributed by atoms with E-state index in [9.17, 15) is 4.79 Å². The Kier molecular flexibility index (Phi) is 7.11. The summed E-state index contributed by atoms with van der Waals surface area (Å²) in [6.07, 6.45) is 1.69. The van der Waals surface area contributed by atoms with Crippen molar-refractivity contribution in [3.8, 4) is 28.7 Å². The minimum atomic E-state index is -0.214. The van der Waals surface area contributed by atoms with Crippen LogP contribution in [0.25, 0.3) is 17.2 Å². The number of aromatic nitrogens is 4. The first-order valence-electron chi connectivity index (χ1n) is 9.86. The molecule has 0 bridgehead atoms. The number of nitrogens with zero attached hydrogens (tertiary/aromatic N) is 4. The molecule has 1 N–H and O–H groups in total. The van der Waals surface area contributed by atoms with E-state index in [1.807, 2.05) is 34.9 Å².